The Morgan fingerprint density at radius 2 is 1.16 bits per heavy atom. The zero-order valence-electron chi connectivity index (χ0n) is 50.8. The van der Waals surface area contributed by atoms with Gasteiger partial charge >= 0.3 is 0 Å². The van der Waals surface area contributed by atoms with Crippen LogP contribution in [0.1, 0.15) is 159 Å². The van der Waals surface area contributed by atoms with E-state index in [0.717, 1.165) is 66.6 Å². The molecule has 0 saturated heterocycles. The maximum absolute atomic E-state index is 9.26. The van der Waals surface area contributed by atoms with Gasteiger partial charge in [-0.15, -0.1) is 54.1 Å². The molecule has 0 N–H and O–H groups in total. The summed E-state index contributed by atoms with van der Waals surface area (Å²) in [5, 5.41) is 1.80. The van der Waals surface area contributed by atoms with Crippen molar-refractivity contribution < 1.29 is 31.4 Å². The van der Waals surface area contributed by atoms with Crippen LogP contribution in [0.4, 0.5) is 0 Å². The zero-order chi connectivity index (χ0) is 57.2. The molecule has 387 valence electrons. The number of benzene rings is 8. The largest absolute Gasteiger partial charge is 0.501 e. The van der Waals surface area contributed by atoms with E-state index < -0.39 is 23.6 Å². The van der Waals surface area contributed by atoms with Gasteiger partial charge in [-0.05, 0) is 109 Å². The third-order valence-electron chi connectivity index (χ3n) is 14.3. The fourth-order valence-corrected chi connectivity index (χ4v) is 10.5. The number of imidazole rings is 2. The van der Waals surface area contributed by atoms with Gasteiger partial charge in [-0.3, -0.25) is 9.97 Å². The Morgan fingerprint density at radius 3 is 1.78 bits per heavy atom. The topological polar surface area (TPSA) is 48.8 Å². The third kappa shape index (κ3) is 10.2. The number of furan rings is 1. The van der Waals surface area contributed by atoms with E-state index in [1.54, 1.807) is 46.0 Å². The van der Waals surface area contributed by atoms with Crippen molar-refractivity contribution in [3.63, 3.8) is 0 Å². The predicted molar refractivity (Wildman–Crippen MR) is 316 cm³/mol. The van der Waals surface area contributed by atoms with E-state index in [9.17, 15) is 2.74 Å². The predicted octanol–water partition coefficient (Wildman–Crippen LogP) is 19.8. The molecule has 3 heterocycles. The van der Waals surface area contributed by atoms with Crippen LogP contribution in [0.2, 0.25) is 0 Å². The van der Waals surface area contributed by atoms with E-state index in [4.69, 9.17) is 18.5 Å². The molecule has 11 aromatic rings. The van der Waals surface area contributed by atoms with Crippen molar-refractivity contribution in [2.75, 3.05) is 0 Å². The summed E-state index contributed by atoms with van der Waals surface area (Å²) in [6.45, 7) is 23.8. The fraction of sp³-hybridized carbons (Fsp3) is 0.257. The second-order valence-electron chi connectivity index (χ2n) is 21.1. The van der Waals surface area contributed by atoms with Gasteiger partial charge in [0.2, 0.25) is 0 Å². The molecule has 0 unspecified atom stereocenters. The van der Waals surface area contributed by atoms with Crippen LogP contribution in [0.15, 0.2) is 175 Å². The van der Waals surface area contributed by atoms with Crippen LogP contribution < -0.4 is 0 Å². The molecule has 3 aromatic heterocycles. The van der Waals surface area contributed by atoms with Gasteiger partial charge in [0.15, 0.2) is 0 Å². The number of aromatic nitrogens is 4. The summed E-state index contributed by atoms with van der Waals surface area (Å²) in [5.41, 5.74) is 16.4. The van der Waals surface area contributed by atoms with Crippen LogP contribution in [0.5, 0.6) is 0 Å². The Labute approximate surface area is 471 Å². The summed E-state index contributed by atoms with van der Waals surface area (Å²) < 4.78 is 56.1. The van der Waals surface area contributed by atoms with Crippen LogP contribution in [0.25, 0.3) is 89.4 Å². The molecule has 0 saturated carbocycles. The van der Waals surface area contributed by atoms with Crippen molar-refractivity contribution in [1.29, 1.82) is 0 Å². The summed E-state index contributed by atoms with van der Waals surface area (Å²) >= 11 is 0. The van der Waals surface area contributed by atoms with Crippen LogP contribution in [-0.2, 0) is 20.1 Å². The number of rotatable bonds is 12. The number of para-hydroxylation sites is 4. The minimum atomic E-state index is -1.06. The van der Waals surface area contributed by atoms with Crippen molar-refractivity contribution in [1.82, 2.24) is 19.1 Å². The van der Waals surface area contributed by atoms with E-state index in [2.05, 4.69) is 123 Å². The molecule has 6 heteroatoms. The van der Waals surface area contributed by atoms with Crippen LogP contribution in [0, 0.1) is 12.1 Å². The maximum Gasteiger partial charge on any atom is 0.121 e. The molecule has 0 amide bonds. The van der Waals surface area contributed by atoms with E-state index in [-0.39, 0.29) is 26.1 Å². The first-order valence-corrected chi connectivity index (χ1v) is 26.2. The molecular weight excluding hydrogens is 1110 g/mol. The van der Waals surface area contributed by atoms with Gasteiger partial charge in [-0.25, -0.2) is 0 Å². The quantitative estimate of drug-likeness (QED) is 0.115. The Bertz CT molecular complexity index is 3980. The Hall–Kier alpha value is -7.11. The molecule has 0 bridgehead atoms. The Kier molecular flexibility index (Phi) is 14.1. The first-order valence-electron chi connectivity index (χ1n) is 28.7. The van der Waals surface area contributed by atoms with E-state index in [0.29, 0.717) is 51.2 Å². The number of hydrogen-bond acceptors (Lipinski definition) is 3. The normalized spacial score (nSPS) is 13.3. The molecule has 8 aromatic carbocycles. The average Bonchev–Trinajstić information content (AvgIpc) is 4.25. The first kappa shape index (κ1) is 47.3. The molecule has 0 aliphatic rings. The Morgan fingerprint density at radius 1 is 0.526 bits per heavy atom. The van der Waals surface area contributed by atoms with E-state index >= 15 is 0 Å². The summed E-state index contributed by atoms with van der Waals surface area (Å²) in [5.74, 6) is -1.68. The van der Waals surface area contributed by atoms with E-state index in [1.807, 2.05) is 99.1 Å². The molecule has 76 heavy (non-hydrogen) atoms. The number of hydrogen-bond donors (Lipinski definition) is 0. The smallest absolute Gasteiger partial charge is 0.121 e. The SMILES string of the molecule is CC(C)c1cccc(C(C)C)c1-n1c(-c2[c-]cccc2)nc2ccccc21.[2H]c1cc(C([2H])(C)C)c(-n2ccnc2-c2[c-]ccc3c2oc2cc(-c4c(C([2H])(C)C)cc(-c5ccccc5)cc4C([2H])(C)C)ccc23)c(C([2H])(C)C)c1.[Ir]. The van der Waals surface area contributed by atoms with Gasteiger partial charge in [0.25, 0.3) is 0 Å². The second-order valence-corrected chi connectivity index (χ2v) is 21.1. The van der Waals surface area contributed by atoms with Crippen LogP contribution in [0.3, 0.4) is 0 Å². The first-order chi connectivity index (χ1) is 37.8. The number of fused-ring (bicyclic) bond motifs is 4. The summed E-state index contributed by atoms with van der Waals surface area (Å²) in [6, 6.07) is 57.9. The maximum atomic E-state index is 9.26. The van der Waals surface area contributed by atoms with Crippen molar-refractivity contribution >= 4 is 33.0 Å². The number of nitrogens with zero attached hydrogens (tertiary/aromatic N) is 4. The monoisotopic (exact) mass is 1180 g/mol. The summed E-state index contributed by atoms with van der Waals surface area (Å²) in [6.07, 6.45) is 3.53. The van der Waals surface area contributed by atoms with Crippen LogP contribution in [-0.4, -0.2) is 19.1 Å². The molecule has 0 spiro atoms. The fourth-order valence-electron chi connectivity index (χ4n) is 10.5. The molecule has 0 fully saturated rings. The molecule has 0 aliphatic heterocycles. The van der Waals surface area contributed by atoms with Crippen molar-refractivity contribution in [3.8, 4) is 56.4 Å². The third-order valence-corrected chi connectivity index (χ3v) is 14.3. The molecule has 0 atom stereocenters. The summed E-state index contributed by atoms with van der Waals surface area (Å²) in [4.78, 5) is 9.78. The summed E-state index contributed by atoms with van der Waals surface area (Å²) in [7, 11) is 0. The average molecular weight is 1180 g/mol. The minimum absolute atomic E-state index is 0. The molecule has 11 rings (SSSR count). The standard InChI is InChI=1S/C45H45N2O.C25H25N2.Ir/c1-27(2)34-16-12-17-35(28(3)4)43(34)47-23-22-46-45(47)38-19-13-18-37-36-21-20-32(26-41(36)48-44(37)38)42-39(29(5)6)24-33(25-40(42)30(7)8)31-14-10-9-11-15-31;1-17(2)20-13-10-14-21(18(3)4)24(20)27-23-16-9-8-15-22(23)26-25(27)19-11-6-5-7-12-19;/h9-18,20-30H,1-8H3;5-11,13-18H,1-4H3;/q2*-1;/i12D,27D,28D,29D,30D;;. The van der Waals surface area contributed by atoms with Gasteiger partial charge < -0.3 is 13.6 Å². The Balaban J connectivity index is 0.000000237. The van der Waals surface area contributed by atoms with Gasteiger partial charge in [0.1, 0.15) is 5.58 Å². The second kappa shape index (κ2) is 22.6. The minimum Gasteiger partial charge on any atom is -0.501 e. The molecule has 1 radical (unpaired) electrons. The van der Waals surface area contributed by atoms with Gasteiger partial charge in [-0.1, -0.05) is 197 Å². The van der Waals surface area contributed by atoms with Gasteiger partial charge in [-0.2, -0.15) is 0 Å². The van der Waals surface area contributed by atoms with Gasteiger partial charge in [0, 0.05) is 54.7 Å². The zero-order valence-corrected chi connectivity index (χ0v) is 48.2. The molecule has 0 aliphatic carbocycles. The molecular formula is C70H70IrN4O-2. The van der Waals surface area contributed by atoms with E-state index in [1.165, 1.54) is 16.8 Å². The van der Waals surface area contributed by atoms with Gasteiger partial charge in [0.05, 0.1) is 29.6 Å². The van der Waals surface area contributed by atoms with Crippen molar-refractivity contribution in [3.05, 3.63) is 216 Å². The molecule has 5 nitrogen and oxygen atoms in total. The van der Waals surface area contributed by atoms with Crippen molar-refractivity contribution in [2.24, 2.45) is 0 Å². The van der Waals surface area contributed by atoms with Crippen LogP contribution >= 0.6 is 0 Å². The van der Waals surface area contributed by atoms with Crippen molar-refractivity contribution in [2.45, 2.75) is 118 Å².